The molecular formula is C15H14Cl3N3O. The molecule has 0 saturated heterocycles. The van der Waals surface area contributed by atoms with Gasteiger partial charge in [-0.05, 0) is 36.9 Å². The second kappa shape index (κ2) is 7.79. The van der Waals surface area contributed by atoms with Gasteiger partial charge in [0.05, 0.1) is 16.6 Å². The van der Waals surface area contributed by atoms with Crippen LogP contribution in [0.5, 0.6) is 0 Å². The van der Waals surface area contributed by atoms with E-state index in [0.29, 0.717) is 27.4 Å². The van der Waals surface area contributed by atoms with E-state index in [4.69, 9.17) is 34.8 Å². The molecule has 1 N–H and O–H groups in total. The molecule has 1 amide bonds. The molecule has 1 heterocycles. The fraction of sp³-hybridized carbons (Fsp3) is 0.200. The number of rotatable bonds is 5. The summed E-state index contributed by atoms with van der Waals surface area (Å²) in [6.45, 7) is 0.835. The SMILES string of the molecule is CN(CC(=O)Nc1ccc(Cl)c(Cl)c1)Cc1ccc(Cl)nc1. The van der Waals surface area contributed by atoms with Crippen molar-refractivity contribution >= 4 is 46.4 Å². The molecule has 0 spiro atoms. The first-order valence-corrected chi connectivity index (χ1v) is 7.61. The van der Waals surface area contributed by atoms with Crippen LogP contribution in [0, 0.1) is 0 Å². The predicted molar refractivity (Wildman–Crippen MR) is 90.7 cm³/mol. The van der Waals surface area contributed by atoms with Crippen molar-refractivity contribution in [3.8, 4) is 0 Å². The van der Waals surface area contributed by atoms with Gasteiger partial charge in [-0.25, -0.2) is 4.98 Å². The summed E-state index contributed by atoms with van der Waals surface area (Å²) >= 11 is 17.5. The lowest BCUT2D eigenvalue weighted by atomic mass is 10.2. The van der Waals surface area contributed by atoms with Crippen molar-refractivity contribution in [3.63, 3.8) is 0 Å². The van der Waals surface area contributed by atoms with Crippen LogP contribution in [0.3, 0.4) is 0 Å². The van der Waals surface area contributed by atoms with Crippen molar-refractivity contribution in [2.24, 2.45) is 0 Å². The van der Waals surface area contributed by atoms with Gasteiger partial charge in [0, 0.05) is 18.4 Å². The number of benzene rings is 1. The zero-order valence-corrected chi connectivity index (χ0v) is 14.1. The summed E-state index contributed by atoms with van der Waals surface area (Å²) in [5, 5.41) is 4.08. The van der Waals surface area contributed by atoms with E-state index in [0.717, 1.165) is 5.56 Å². The van der Waals surface area contributed by atoms with Crippen molar-refractivity contribution < 1.29 is 4.79 Å². The van der Waals surface area contributed by atoms with Gasteiger partial charge in [-0.2, -0.15) is 0 Å². The number of pyridine rings is 1. The Kier molecular flexibility index (Phi) is 6.03. The molecule has 2 rings (SSSR count). The van der Waals surface area contributed by atoms with Crippen LogP contribution in [0.15, 0.2) is 36.5 Å². The fourth-order valence-electron chi connectivity index (χ4n) is 1.89. The summed E-state index contributed by atoms with van der Waals surface area (Å²) in [5.74, 6) is -0.136. The fourth-order valence-corrected chi connectivity index (χ4v) is 2.30. The zero-order chi connectivity index (χ0) is 16.1. The molecule has 0 saturated carbocycles. The van der Waals surface area contributed by atoms with Crippen molar-refractivity contribution in [3.05, 3.63) is 57.3 Å². The van der Waals surface area contributed by atoms with E-state index in [9.17, 15) is 4.79 Å². The van der Waals surface area contributed by atoms with Gasteiger partial charge in [-0.15, -0.1) is 0 Å². The maximum atomic E-state index is 12.0. The quantitative estimate of drug-likeness (QED) is 0.818. The standard InChI is InChI=1S/C15H14Cl3N3O/c1-21(8-10-2-5-14(18)19-7-10)9-15(22)20-11-3-4-12(16)13(17)6-11/h2-7H,8-9H2,1H3,(H,20,22). The van der Waals surface area contributed by atoms with E-state index >= 15 is 0 Å². The first-order chi connectivity index (χ1) is 10.4. The van der Waals surface area contributed by atoms with Crippen molar-refractivity contribution in [2.45, 2.75) is 6.54 Å². The topological polar surface area (TPSA) is 45.2 Å². The van der Waals surface area contributed by atoms with Gasteiger partial charge in [0.1, 0.15) is 5.15 Å². The molecule has 0 aliphatic rings. The number of hydrogen-bond donors (Lipinski definition) is 1. The Morgan fingerprint density at radius 1 is 1.18 bits per heavy atom. The third-order valence-electron chi connectivity index (χ3n) is 2.86. The lowest BCUT2D eigenvalue weighted by Gasteiger charge is -2.16. The number of hydrogen-bond acceptors (Lipinski definition) is 3. The van der Waals surface area contributed by atoms with E-state index < -0.39 is 0 Å². The summed E-state index contributed by atoms with van der Waals surface area (Å²) in [6.07, 6.45) is 1.69. The van der Waals surface area contributed by atoms with Gasteiger partial charge in [0.25, 0.3) is 0 Å². The first-order valence-electron chi connectivity index (χ1n) is 6.48. The minimum Gasteiger partial charge on any atom is -0.325 e. The number of likely N-dealkylation sites (N-methyl/N-ethyl adjacent to an activating group) is 1. The number of carbonyl (C=O) groups excluding carboxylic acids is 1. The Balaban J connectivity index is 1.88. The number of aromatic nitrogens is 1. The Hall–Kier alpha value is -1.33. The second-order valence-electron chi connectivity index (χ2n) is 4.84. The minimum atomic E-state index is -0.136. The number of halogens is 3. The third-order valence-corrected chi connectivity index (χ3v) is 3.82. The van der Waals surface area contributed by atoms with Crippen molar-refractivity contribution in [1.29, 1.82) is 0 Å². The van der Waals surface area contributed by atoms with Gasteiger partial charge >= 0.3 is 0 Å². The molecule has 2 aromatic rings. The highest BCUT2D eigenvalue weighted by Crippen LogP contribution is 2.24. The van der Waals surface area contributed by atoms with E-state index in [2.05, 4.69) is 10.3 Å². The van der Waals surface area contributed by atoms with Gasteiger partial charge < -0.3 is 5.32 Å². The first kappa shape index (κ1) is 17.0. The molecule has 0 aliphatic heterocycles. The maximum absolute atomic E-state index is 12.0. The largest absolute Gasteiger partial charge is 0.325 e. The van der Waals surface area contributed by atoms with Crippen LogP contribution in [-0.2, 0) is 11.3 Å². The highest BCUT2D eigenvalue weighted by molar-refractivity contribution is 6.42. The summed E-state index contributed by atoms with van der Waals surface area (Å²) in [5.41, 5.74) is 1.59. The maximum Gasteiger partial charge on any atom is 0.238 e. The molecule has 1 aromatic heterocycles. The van der Waals surface area contributed by atoms with Crippen molar-refractivity contribution in [1.82, 2.24) is 9.88 Å². The summed E-state index contributed by atoms with van der Waals surface area (Å²) in [4.78, 5) is 17.9. The molecule has 0 aliphatic carbocycles. The lowest BCUT2D eigenvalue weighted by Crippen LogP contribution is -2.29. The second-order valence-corrected chi connectivity index (χ2v) is 6.04. The van der Waals surface area contributed by atoms with Crippen molar-refractivity contribution in [2.75, 3.05) is 18.9 Å². The van der Waals surface area contributed by atoms with Gasteiger partial charge in [0.15, 0.2) is 0 Å². The highest BCUT2D eigenvalue weighted by atomic mass is 35.5. The smallest absolute Gasteiger partial charge is 0.238 e. The van der Waals surface area contributed by atoms with E-state index in [1.165, 1.54) is 0 Å². The molecule has 0 radical (unpaired) electrons. The molecular weight excluding hydrogens is 345 g/mol. The molecule has 4 nitrogen and oxygen atoms in total. The van der Waals surface area contributed by atoms with Gasteiger partial charge in [-0.1, -0.05) is 40.9 Å². The number of nitrogens with one attached hydrogen (secondary N) is 1. The number of anilines is 1. The average Bonchev–Trinajstić information content (AvgIpc) is 2.45. The van der Waals surface area contributed by atoms with Crippen LogP contribution in [-0.4, -0.2) is 29.4 Å². The molecule has 0 unspecified atom stereocenters. The Bertz CT molecular complexity index is 662. The third kappa shape index (κ3) is 5.14. The Morgan fingerprint density at radius 3 is 2.59 bits per heavy atom. The zero-order valence-electron chi connectivity index (χ0n) is 11.8. The van der Waals surface area contributed by atoms with E-state index in [1.54, 1.807) is 30.5 Å². The van der Waals surface area contributed by atoms with Gasteiger partial charge in [0.2, 0.25) is 5.91 Å². The van der Waals surface area contributed by atoms with Crippen LogP contribution in [0.4, 0.5) is 5.69 Å². The van der Waals surface area contributed by atoms with Crippen LogP contribution in [0.1, 0.15) is 5.56 Å². The van der Waals surface area contributed by atoms with Gasteiger partial charge in [-0.3, -0.25) is 9.69 Å². The van der Waals surface area contributed by atoms with Crippen LogP contribution < -0.4 is 5.32 Å². The van der Waals surface area contributed by atoms with Crippen LogP contribution in [0.25, 0.3) is 0 Å². The summed E-state index contributed by atoms with van der Waals surface area (Å²) < 4.78 is 0. The molecule has 7 heteroatoms. The lowest BCUT2D eigenvalue weighted by molar-refractivity contribution is -0.117. The highest BCUT2D eigenvalue weighted by Gasteiger charge is 2.09. The normalized spacial score (nSPS) is 10.8. The van der Waals surface area contributed by atoms with Crippen LogP contribution >= 0.6 is 34.8 Å². The number of nitrogens with zero attached hydrogens (tertiary/aromatic N) is 2. The molecule has 0 bridgehead atoms. The molecule has 0 fully saturated rings. The Labute approximate surface area is 144 Å². The van der Waals surface area contributed by atoms with Crippen LogP contribution in [0.2, 0.25) is 15.2 Å². The average molecular weight is 359 g/mol. The number of carbonyl (C=O) groups is 1. The number of amides is 1. The van der Waals surface area contributed by atoms with E-state index in [1.807, 2.05) is 18.0 Å². The molecule has 22 heavy (non-hydrogen) atoms. The molecule has 0 atom stereocenters. The molecule has 1 aromatic carbocycles. The summed E-state index contributed by atoms with van der Waals surface area (Å²) in [6, 6.07) is 8.56. The summed E-state index contributed by atoms with van der Waals surface area (Å²) in [7, 11) is 1.85. The Morgan fingerprint density at radius 2 is 1.95 bits per heavy atom. The van der Waals surface area contributed by atoms with E-state index in [-0.39, 0.29) is 12.5 Å². The molecule has 116 valence electrons. The minimum absolute atomic E-state index is 0.136. The monoisotopic (exact) mass is 357 g/mol. The predicted octanol–water partition coefficient (Wildman–Crippen LogP) is 4.11.